The normalized spacial score (nSPS) is 14.9. The van der Waals surface area contributed by atoms with Crippen molar-refractivity contribution < 1.29 is 9.53 Å². The van der Waals surface area contributed by atoms with Crippen LogP contribution in [-0.4, -0.2) is 51.6 Å². The number of nitrogens with zero attached hydrogens (tertiary/aromatic N) is 4. The Morgan fingerprint density at radius 1 is 1.16 bits per heavy atom. The fraction of sp³-hybridized carbons (Fsp3) is 0.316. The van der Waals surface area contributed by atoms with E-state index in [1.54, 1.807) is 0 Å². The van der Waals surface area contributed by atoms with Crippen LogP contribution < -0.4 is 0 Å². The van der Waals surface area contributed by atoms with Gasteiger partial charge in [0.05, 0.1) is 13.2 Å². The van der Waals surface area contributed by atoms with Crippen LogP contribution in [0.4, 0.5) is 0 Å². The van der Waals surface area contributed by atoms with Crippen molar-refractivity contribution in [2.75, 3.05) is 26.3 Å². The second kappa shape index (κ2) is 6.29. The Bertz CT molecular complexity index is 942. The van der Waals surface area contributed by atoms with E-state index in [-0.39, 0.29) is 5.91 Å². The zero-order valence-electron chi connectivity index (χ0n) is 14.4. The average molecular weight is 336 g/mol. The summed E-state index contributed by atoms with van der Waals surface area (Å²) < 4.78 is 7.35. The molecule has 6 nitrogen and oxygen atoms in total. The number of benzene rings is 1. The van der Waals surface area contributed by atoms with Gasteiger partial charge < -0.3 is 14.2 Å². The number of aryl methyl sites for hydroxylation is 2. The molecule has 0 radical (unpaired) electrons. The minimum atomic E-state index is 0.0721. The summed E-state index contributed by atoms with van der Waals surface area (Å²) in [6.45, 7) is 6.38. The van der Waals surface area contributed by atoms with Gasteiger partial charge in [-0.2, -0.15) is 0 Å². The topological polar surface area (TPSA) is 60.2 Å². The molecule has 0 unspecified atom stereocenters. The van der Waals surface area contributed by atoms with Gasteiger partial charge >= 0.3 is 0 Å². The van der Waals surface area contributed by atoms with E-state index in [1.807, 2.05) is 60.0 Å². The molecule has 0 spiro atoms. The number of carbonyl (C=O) groups is 1. The fourth-order valence-corrected chi connectivity index (χ4v) is 3.19. The molecule has 128 valence electrons. The maximum atomic E-state index is 12.7. The van der Waals surface area contributed by atoms with Gasteiger partial charge in [0.1, 0.15) is 11.5 Å². The van der Waals surface area contributed by atoms with E-state index in [4.69, 9.17) is 4.74 Å². The highest BCUT2D eigenvalue weighted by molar-refractivity contribution is 5.96. The van der Waals surface area contributed by atoms with Crippen LogP contribution >= 0.6 is 0 Å². The van der Waals surface area contributed by atoms with Gasteiger partial charge in [0.25, 0.3) is 5.91 Å². The standard InChI is InChI=1S/C19H20N4O2/c1-13-11-16(23-6-5-15-12-20-14(2)21-18(15)23)3-4-17(13)19(24)22-7-9-25-10-8-22/h3-6,11-12H,7-10H2,1-2H3. The summed E-state index contributed by atoms with van der Waals surface area (Å²) in [5.41, 5.74) is 3.57. The van der Waals surface area contributed by atoms with E-state index in [2.05, 4.69) is 9.97 Å². The monoisotopic (exact) mass is 336 g/mol. The SMILES string of the molecule is Cc1ncc2ccn(-c3ccc(C(=O)N4CCOCC4)c(C)c3)c2n1. The van der Waals surface area contributed by atoms with Crippen LogP contribution in [0.1, 0.15) is 21.7 Å². The molecule has 1 saturated heterocycles. The summed E-state index contributed by atoms with van der Waals surface area (Å²) >= 11 is 0. The molecule has 4 rings (SSSR count). The number of amides is 1. The van der Waals surface area contributed by atoms with Crippen LogP contribution in [-0.2, 0) is 4.74 Å². The van der Waals surface area contributed by atoms with Gasteiger partial charge in [0, 0.05) is 42.1 Å². The van der Waals surface area contributed by atoms with E-state index in [0.29, 0.717) is 26.3 Å². The van der Waals surface area contributed by atoms with Crippen molar-refractivity contribution >= 4 is 16.9 Å². The number of morpholine rings is 1. The molecule has 1 aromatic carbocycles. The molecule has 0 aliphatic carbocycles. The number of hydrogen-bond donors (Lipinski definition) is 0. The minimum absolute atomic E-state index is 0.0721. The number of rotatable bonds is 2. The molecule has 0 atom stereocenters. The van der Waals surface area contributed by atoms with E-state index >= 15 is 0 Å². The molecule has 25 heavy (non-hydrogen) atoms. The average Bonchev–Trinajstić information content (AvgIpc) is 3.05. The number of fused-ring (bicyclic) bond motifs is 1. The Balaban J connectivity index is 1.69. The number of hydrogen-bond acceptors (Lipinski definition) is 4. The van der Waals surface area contributed by atoms with Gasteiger partial charge in [-0.15, -0.1) is 0 Å². The maximum Gasteiger partial charge on any atom is 0.254 e. The lowest BCUT2D eigenvalue weighted by Gasteiger charge is -2.27. The number of aromatic nitrogens is 3. The lowest BCUT2D eigenvalue weighted by molar-refractivity contribution is 0.0302. The third-order valence-corrected chi connectivity index (χ3v) is 4.56. The minimum Gasteiger partial charge on any atom is -0.378 e. The van der Waals surface area contributed by atoms with Crippen molar-refractivity contribution in [2.24, 2.45) is 0 Å². The zero-order chi connectivity index (χ0) is 17.4. The third kappa shape index (κ3) is 2.89. The fourth-order valence-electron chi connectivity index (χ4n) is 3.19. The zero-order valence-corrected chi connectivity index (χ0v) is 14.4. The first-order chi connectivity index (χ1) is 12.1. The Kier molecular flexibility index (Phi) is 3.97. The van der Waals surface area contributed by atoms with E-state index < -0.39 is 0 Å². The summed E-state index contributed by atoms with van der Waals surface area (Å²) in [5, 5.41) is 0.997. The molecule has 2 aromatic heterocycles. The predicted molar refractivity (Wildman–Crippen MR) is 95.1 cm³/mol. The van der Waals surface area contributed by atoms with E-state index in [1.165, 1.54) is 0 Å². The van der Waals surface area contributed by atoms with Crippen LogP contribution in [0.2, 0.25) is 0 Å². The van der Waals surface area contributed by atoms with Gasteiger partial charge in [0.15, 0.2) is 0 Å². The van der Waals surface area contributed by atoms with E-state index in [0.717, 1.165) is 33.7 Å². The molecule has 1 fully saturated rings. The van der Waals surface area contributed by atoms with Crippen molar-refractivity contribution in [1.82, 2.24) is 19.4 Å². The van der Waals surface area contributed by atoms with Crippen LogP contribution in [0.3, 0.4) is 0 Å². The van der Waals surface area contributed by atoms with Gasteiger partial charge in [-0.3, -0.25) is 4.79 Å². The Morgan fingerprint density at radius 2 is 1.96 bits per heavy atom. The molecule has 0 N–H and O–H groups in total. The maximum absolute atomic E-state index is 12.7. The van der Waals surface area contributed by atoms with Gasteiger partial charge in [-0.25, -0.2) is 9.97 Å². The van der Waals surface area contributed by atoms with Crippen molar-refractivity contribution in [2.45, 2.75) is 13.8 Å². The molecular formula is C19H20N4O2. The molecule has 0 bridgehead atoms. The van der Waals surface area contributed by atoms with Crippen LogP contribution in [0.25, 0.3) is 16.7 Å². The first-order valence-electron chi connectivity index (χ1n) is 8.42. The lowest BCUT2D eigenvalue weighted by Crippen LogP contribution is -2.40. The Morgan fingerprint density at radius 3 is 2.72 bits per heavy atom. The second-order valence-electron chi connectivity index (χ2n) is 6.29. The quantitative estimate of drug-likeness (QED) is 0.721. The Hall–Kier alpha value is -2.73. The highest BCUT2D eigenvalue weighted by Gasteiger charge is 2.20. The highest BCUT2D eigenvalue weighted by atomic mass is 16.5. The largest absolute Gasteiger partial charge is 0.378 e. The van der Waals surface area contributed by atoms with E-state index in [9.17, 15) is 4.79 Å². The lowest BCUT2D eigenvalue weighted by atomic mass is 10.1. The van der Waals surface area contributed by atoms with Gasteiger partial charge in [0.2, 0.25) is 0 Å². The van der Waals surface area contributed by atoms with Crippen molar-refractivity contribution in [3.63, 3.8) is 0 Å². The molecule has 0 saturated carbocycles. The van der Waals surface area contributed by atoms with Crippen molar-refractivity contribution in [1.29, 1.82) is 0 Å². The van der Waals surface area contributed by atoms with Crippen LogP contribution in [0.15, 0.2) is 36.7 Å². The highest BCUT2D eigenvalue weighted by Crippen LogP contribution is 2.21. The summed E-state index contributed by atoms with van der Waals surface area (Å²) in [6, 6.07) is 7.90. The Labute approximate surface area is 146 Å². The van der Waals surface area contributed by atoms with Gasteiger partial charge in [-0.1, -0.05) is 0 Å². The number of ether oxygens (including phenoxy) is 1. The molecule has 3 aromatic rings. The summed E-state index contributed by atoms with van der Waals surface area (Å²) in [7, 11) is 0. The number of carbonyl (C=O) groups excluding carboxylic acids is 1. The third-order valence-electron chi connectivity index (χ3n) is 4.56. The molecule has 6 heteroatoms. The smallest absolute Gasteiger partial charge is 0.254 e. The second-order valence-corrected chi connectivity index (χ2v) is 6.29. The molecular weight excluding hydrogens is 316 g/mol. The first kappa shape index (κ1) is 15.8. The van der Waals surface area contributed by atoms with Crippen molar-refractivity contribution in [3.8, 4) is 5.69 Å². The molecule has 1 amide bonds. The predicted octanol–water partition coefficient (Wildman–Crippen LogP) is 2.51. The summed E-state index contributed by atoms with van der Waals surface area (Å²) in [4.78, 5) is 23.3. The molecule has 3 heterocycles. The first-order valence-corrected chi connectivity index (χ1v) is 8.42. The van der Waals surface area contributed by atoms with Crippen molar-refractivity contribution in [3.05, 3.63) is 53.6 Å². The summed E-state index contributed by atoms with van der Waals surface area (Å²) in [6.07, 6.45) is 3.81. The van der Waals surface area contributed by atoms with Crippen LogP contribution in [0.5, 0.6) is 0 Å². The molecule has 1 aliphatic heterocycles. The molecule has 1 aliphatic rings. The summed E-state index contributed by atoms with van der Waals surface area (Å²) in [5.74, 6) is 0.811. The van der Waals surface area contributed by atoms with Crippen LogP contribution in [0, 0.1) is 13.8 Å². The van der Waals surface area contributed by atoms with Gasteiger partial charge in [-0.05, 0) is 43.7 Å².